The van der Waals surface area contributed by atoms with Crippen LogP contribution in [0.5, 0.6) is 5.88 Å². The van der Waals surface area contributed by atoms with Crippen molar-refractivity contribution in [2.45, 2.75) is 69.7 Å². The number of aliphatic hydroxyl groups excluding tert-OH is 1. The number of carboxylic acid groups (broad SMARTS) is 2. The predicted molar refractivity (Wildman–Crippen MR) is 122 cm³/mol. The molecule has 0 amide bonds. The van der Waals surface area contributed by atoms with Gasteiger partial charge in [-0.2, -0.15) is 9.97 Å². The first-order valence-corrected chi connectivity index (χ1v) is 11.6. The molecule has 6 N–H and O–H groups in total. The molecule has 0 aromatic carbocycles. The van der Waals surface area contributed by atoms with Gasteiger partial charge in [0.25, 0.3) is 0 Å². The number of fused-ring (bicyclic) bond motifs is 1. The van der Waals surface area contributed by atoms with Crippen LogP contribution in [0.4, 0.5) is 5.95 Å². The summed E-state index contributed by atoms with van der Waals surface area (Å²) in [4.78, 5) is 65.9. The molecule has 0 saturated carbocycles. The van der Waals surface area contributed by atoms with E-state index in [4.69, 9.17) is 30.2 Å². The number of nitrogen functional groups attached to an aromatic ring is 1. The monoisotopic (exact) mass is 544 g/mol. The lowest BCUT2D eigenvalue weighted by atomic mass is 9.96. The van der Waals surface area contributed by atoms with Gasteiger partial charge >= 0.3 is 28.8 Å². The number of nitrogens with two attached hydrogens (primary N) is 1. The lowest BCUT2D eigenvalue weighted by Gasteiger charge is -2.22. The number of anilines is 1. The van der Waals surface area contributed by atoms with Crippen LogP contribution in [-0.4, -0.2) is 82.8 Å². The molecule has 0 bridgehead atoms. The molecule has 17 heteroatoms. The van der Waals surface area contributed by atoms with Gasteiger partial charge in [0.2, 0.25) is 11.8 Å². The third kappa shape index (κ3) is 6.01. The highest BCUT2D eigenvalue weighted by molar-refractivity contribution is 7.16. The normalized spacial score (nSPS) is 21.8. The average molecular weight is 544 g/mol. The molecule has 37 heavy (non-hydrogen) atoms. The first-order valence-electron chi connectivity index (χ1n) is 10.8. The molecule has 1 fully saturated rings. The molecule has 3 heterocycles. The molecule has 2 aromatic rings. The molecule has 0 aliphatic carbocycles. The maximum Gasteiger partial charge on any atom is 0.336 e. The standard InChI is InChI=1S/C20H24N4O12S/c1-3-9(34-7(2)25)10-4-8(26)16(35-10)24-14-13(37-19(24)32)15(23-18(21)22-14)36-12(29)6-20(33,17(30)31)5-11(27)28/h8-10,16,26,33H,3-6H2,1-2H3,(H,27,28)(H,30,31)(H2,21,22,23)/t8-,9+,10+,16-,20?/m1/s1. The highest BCUT2D eigenvalue weighted by atomic mass is 32.1. The molecule has 16 nitrogen and oxygen atoms in total. The Kier molecular flexibility index (Phi) is 8.11. The van der Waals surface area contributed by atoms with Crippen LogP contribution in [-0.2, 0) is 28.7 Å². The number of carboxylic acids is 2. The van der Waals surface area contributed by atoms with E-state index in [1.165, 1.54) is 6.92 Å². The summed E-state index contributed by atoms with van der Waals surface area (Å²) >= 11 is 0.506. The number of aliphatic hydroxyl groups is 2. The largest absolute Gasteiger partial charge is 0.481 e. The van der Waals surface area contributed by atoms with E-state index in [9.17, 15) is 34.2 Å². The second-order valence-electron chi connectivity index (χ2n) is 8.26. The van der Waals surface area contributed by atoms with Crippen molar-refractivity contribution in [3.63, 3.8) is 0 Å². The molecule has 202 valence electrons. The zero-order valence-corrected chi connectivity index (χ0v) is 20.3. The van der Waals surface area contributed by atoms with Gasteiger partial charge in [-0.3, -0.25) is 23.7 Å². The second-order valence-corrected chi connectivity index (χ2v) is 9.22. The van der Waals surface area contributed by atoms with E-state index < -0.39 is 83.6 Å². The van der Waals surface area contributed by atoms with Crippen molar-refractivity contribution in [3.8, 4) is 5.88 Å². The van der Waals surface area contributed by atoms with Crippen molar-refractivity contribution < 1.29 is 53.8 Å². The Morgan fingerprint density at radius 3 is 2.51 bits per heavy atom. The summed E-state index contributed by atoms with van der Waals surface area (Å²) in [6.07, 6.45) is -6.04. The summed E-state index contributed by atoms with van der Waals surface area (Å²) < 4.78 is 16.9. The third-order valence-electron chi connectivity index (χ3n) is 5.44. The van der Waals surface area contributed by atoms with Crippen LogP contribution in [0.3, 0.4) is 0 Å². The Bertz CT molecular complexity index is 1290. The number of aromatic nitrogens is 3. The number of aliphatic carboxylic acids is 2. The van der Waals surface area contributed by atoms with Crippen LogP contribution in [0.15, 0.2) is 4.79 Å². The van der Waals surface area contributed by atoms with E-state index in [0.717, 1.165) is 4.57 Å². The molecule has 2 aromatic heterocycles. The van der Waals surface area contributed by atoms with Crippen molar-refractivity contribution >= 4 is 51.5 Å². The summed E-state index contributed by atoms with van der Waals surface area (Å²) in [5, 5.41) is 38.7. The lowest BCUT2D eigenvalue weighted by Crippen LogP contribution is -2.43. The van der Waals surface area contributed by atoms with Gasteiger partial charge in [0.1, 0.15) is 16.9 Å². The van der Waals surface area contributed by atoms with Crippen molar-refractivity contribution in [2.75, 3.05) is 5.73 Å². The fraction of sp³-hybridized carbons (Fsp3) is 0.550. The minimum atomic E-state index is -2.96. The Hall–Kier alpha value is -3.67. The Balaban J connectivity index is 1.93. The van der Waals surface area contributed by atoms with Crippen LogP contribution in [0.2, 0.25) is 0 Å². The minimum absolute atomic E-state index is 0.0278. The van der Waals surface area contributed by atoms with Gasteiger partial charge in [-0.05, 0) is 6.42 Å². The quantitative estimate of drug-likeness (QED) is 0.225. The van der Waals surface area contributed by atoms with Crippen molar-refractivity contribution in [2.24, 2.45) is 0 Å². The van der Waals surface area contributed by atoms with Gasteiger partial charge in [0, 0.05) is 13.3 Å². The molecular weight excluding hydrogens is 520 g/mol. The lowest BCUT2D eigenvalue weighted by molar-refractivity contribution is -0.169. The van der Waals surface area contributed by atoms with E-state index in [0.29, 0.717) is 17.8 Å². The number of nitrogens with zero attached hydrogens (tertiary/aromatic N) is 3. The summed E-state index contributed by atoms with van der Waals surface area (Å²) in [5.74, 6) is -6.56. The molecule has 3 rings (SSSR count). The number of rotatable bonds is 10. The van der Waals surface area contributed by atoms with Gasteiger partial charge in [-0.25, -0.2) is 4.79 Å². The van der Waals surface area contributed by atoms with Crippen molar-refractivity contribution in [1.29, 1.82) is 0 Å². The molecule has 1 saturated heterocycles. The number of carbonyl (C=O) groups is 4. The first-order chi connectivity index (χ1) is 17.2. The average Bonchev–Trinajstić information content (AvgIpc) is 3.29. The van der Waals surface area contributed by atoms with Crippen LogP contribution in [0, 0.1) is 0 Å². The van der Waals surface area contributed by atoms with Crippen LogP contribution in [0.1, 0.15) is 45.8 Å². The van der Waals surface area contributed by atoms with Crippen LogP contribution in [0.25, 0.3) is 10.3 Å². The minimum Gasteiger partial charge on any atom is -0.481 e. The molecule has 1 aliphatic rings. The molecular formula is C20H24N4O12S. The number of hydrogen-bond acceptors (Lipinski definition) is 14. The Morgan fingerprint density at radius 1 is 1.27 bits per heavy atom. The van der Waals surface area contributed by atoms with Gasteiger partial charge in [-0.1, -0.05) is 18.3 Å². The SMILES string of the molecule is CC[C@H](OC(C)=O)[C@@H]1C[C@@H](O)[C@H](n2c(=O)sc3c(OC(=O)CC(O)(CC(=O)O)C(=O)O)nc(N)nc32)O1. The second kappa shape index (κ2) is 10.8. The number of carbonyl (C=O) groups excluding carboxylic acids is 2. The van der Waals surface area contributed by atoms with Gasteiger partial charge in [-0.15, -0.1) is 0 Å². The fourth-order valence-electron chi connectivity index (χ4n) is 3.84. The number of ether oxygens (including phenoxy) is 3. The molecule has 0 spiro atoms. The summed E-state index contributed by atoms with van der Waals surface area (Å²) in [6, 6.07) is 0. The maximum absolute atomic E-state index is 12.9. The summed E-state index contributed by atoms with van der Waals surface area (Å²) in [6.45, 7) is 2.98. The zero-order valence-electron chi connectivity index (χ0n) is 19.5. The zero-order chi connectivity index (χ0) is 27.7. The molecule has 1 aliphatic heterocycles. The topological polar surface area (TPSA) is 251 Å². The number of esters is 2. The van der Waals surface area contributed by atoms with E-state index >= 15 is 0 Å². The number of hydrogen-bond donors (Lipinski definition) is 5. The van der Waals surface area contributed by atoms with E-state index in [2.05, 4.69) is 9.97 Å². The molecule has 0 radical (unpaired) electrons. The Labute approximate surface area is 211 Å². The van der Waals surface area contributed by atoms with Crippen molar-refractivity contribution in [3.05, 3.63) is 9.67 Å². The molecule has 1 unspecified atom stereocenters. The molecule has 5 atom stereocenters. The predicted octanol–water partition coefficient (Wildman–Crippen LogP) is -0.989. The van der Waals surface area contributed by atoms with E-state index in [-0.39, 0.29) is 16.8 Å². The third-order valence-corrected chi connectivity index (χ3v) is 6.38. The highest BCUT2D eigenvalue weighted by Crippen LogP contribution is 2.36. The first kappa shape index (κ1) is 27.9. The fourth-order valence-corrected chi connectivity index (χ4v) is 4.71. The summed E-state index contributed by atoms with van der Waals surface area (Å²) in [7, 11) is 0. The van der Waals surface area contributed by atoms with E-state index in [1.807, 2.05) is 0 Å². The number of thiazole rings is 1. The van der Waals surface area contributed by atoms with Crippen LogP contribution >= 0.6 is 11.3 Å². The van der Waals surface area contributed by atoms with Crippen molar-refractivity contribution in [1.82, 2.24) is 14.5 Å². The highest BCUT2D eigenvalue weighted by Gasteiger charge is 2.43. The van der Waals surface area contributed by atoms with Gasteiger partial charge in [0.05, 0.1) is 18.9 Å². The smallest absolute Gasteiger partial charge is 0.336 e. The maximum atomic E-state index is 12.9. The summed E-state index contributed by atoms with van der Waals surface area (Å²) in [5.41, 5.74) is 2.56. The van der Waals surface area contributed by atoms with Gasteiger partial charge in [0.15, 0.2) is 17.5 Å². The van der Waals surface area contributed by atoms with Gasteiger partial charge < -0.3 is 40.4 Å². The Morgan fingerprint density at radius 2 is 1.95 bits per heavy atom. The van der Waals surface area contributed by atoms with Crippen LogP contribution < -0.4 is 15.3 Å². The van der Waals surface area contributed by atoms with E-state index in [1.54, 1.807) is 6.92 Å².